The molecule has 0 radical (unpaired) electrons. The van der Waals surface area contributed by atoms with E-state index in [0.717, 1.165) is 10.9 Å². The molecular formula is C18H14N8O2S2. The van der Waals surface area contributed by atoms with Crippen LogP contribution in [0, 0.1) is 13.8 Å². The molecule has 0 saturated heterocycles. The van der Waals surface area contributed by atoms with Crippen LogP contribution in [0.1, 0.15) is 11.5 Å². The molecule has 0 bridgehead atoms. The highest BCUT2D eigenvalue weighted by molar-refractivity contribution is 7.99. The van der Waals surface area contributed by atoms with Crippen LogP contribution in [0.2, 0.25) is 0 Å². The van der Waals surface area contributed by atoms with Gasteiger partial charge in [0.05, 0.1) is 11.3 Å². The molecule has 5 rings (SSSR count). The number of fused-ring (bicyclic) bond motifs is 4. The number of carbonyl (C=O) groups excluding carboxylic acids is 1. The number of benzene rings is 1. The summed E-state index contributed by atoms with van der Waals surface area (Å²) in [6.07, 6.45) is 0. The Labute approximate surface area is 177 Å². The molecule has 5 aromatic rings. The zero-order valence-corrected chi connectivity index (χ0v) is 17.5. The summed E-state index contributed by atoms with van der Waals surface area (Å²) in [6.45, 7) is 3.40. The first-order valence-corrected chi connectivity index (χ1v) is 10.8. The fourth-order valence-corrected chi connectivity index (χ4v) is 4.46. The molecule has 0 spiro atoms. The zero-order valence-electron chi connectivity index (χ0n) is 15.9. The Bertz CT molecular complexity index is 1500. The molecule has 0 saturated carbocycles. The number of hydrogen-bond acceptors (Lipinski definition) is 9. The predicted molar refractivity (Wildman–Crippen MR) is 114 cm³/mol. The highest BCUT2D eigenvalue weighted by atomic mass is 32.2. The number of thioether (sulfide) groups is 1. The summed E-state index contributed by atoms with van der Waals surface area (Å²) in [4.78, 5) is 37.7. The molecule has 1 amide bonds. The number of nitrogens with zero attached hydrogens (tertiary/aromatic N) is 7. The molecule has 0 fully saturated rings. The Balaban J connectivity index is 1.41. The van der Waals surface area contributed by atoms with Crippen molar-refractivity contribution in [2.45, 2.75) is 19.0 Å². The van der Waals surface area contributed by atoms with Crippen LogP contribution in [0.3, 0.4) is 0 Å². The van der Waals surface area contributed by atoms with Crippen LogP contribution in [-0.2, 0) is 4.79 Å². The van der Waals surface area contributed by atoms with Gasteiger partial charge in [0.2, 0.25) is 10.9 Å². The largest absolute Gasteiger partial charge is 0.309 e. The fourth-order valence-electron chi connectivity index (χ4n) is 2.96. The normalized spacial score (nSPS) is 11.5. The van der Waals surface area contributed by atoms with E-state index < -0.39 is 0 Å². The maximum absolute atomic E-state index is 12.6. The summed E-state index contributed by atoms with van der Waals surface area (Å²) in [5, 5.41) is 14.6. The Morgan fingerprint density at radius 1 is 1.13 bits per heavy atom. The summed E-state index contributed by atoms with van der Waals surface area (Å²) in [6, 6.07) is 7.69. The number of aryl methyl sites for hydroxylation is 2. The molecule has 10 nitrogen and oxygen atoms in total. The number of amides is 1. The van der Waals surface area contributed by atoms with E-state index in [1.54, 1.807) is 16.8 Å². The Morgan fingerprint density at radius 3 is 2.83 bits per heavy atom. The average molecular weight is 438 g/mol. The molecule has 1 aromatic carbocycles. The highest BCUT2D eigenvalue weighted by Gasteiger charge is 2.15. The van der Waals surface area contributed by atoms with E-state index in [2.05, 4.69) is 30.5 Å². The van der Waals surface area contributed by atoms with Crippen LogP contribution in [0.5, 0.6) is 0 Å². The van der Waals surface area contributed by atoms with E-state index in [1.165, 1.54) is 27.6 Å². The Hall–Kier alpha value is -3.38. The molecule has 0 aliphatic carbocycles. The molecule has 0 aliphatic heterocycles. The van der Waals surface area contributed by atoms with E-state index in [-0.39, 0.29) is 22.9 Å². The molecule has 150 valence electrons. The lowest BCUT2D eigenvalue weighted by Crippen LogP contribution is -2.19. The third-order valence-corrected chi connectivity index (χ3v) is 6.04. The summed E-state index contributed by atoms with van der Waals surface area (Å²) in [5.74, 6) is 0.970. The summed E-state index contributed by atoms with van der Waals surface area (Å²) in [7, 11) is 0. The maximum Gasteiger partial charge on any atom is 0.295 e. The van der Waals surface area contributed by atoms with Crippen molar-refractivity contribution in [2.24, 2.45) is 0 Å². The standard InChI is InChI=1S/C18H14N8O2S2/c1-9-16(28)22-18-25(23-9)13(7-29-18)21-14(27)8-30-17-20-12-6-4-3-5-11(12)15-19-10(2)24-26(15)17/h3-7H,8H2,1-2H3,(H,21,27). The van der Waals surface area contributed by atoms with E-state index in [0.29, 0.717) is 27.4 Å². The van der Waals surface area contributed by atoms with Gasteiger partial charge >= 0.3 is 0 Å². The predicted octanol–water partition coefficient (Wildman–Crippen LogP) is 2.09. The third-order valence-electron chi connectivity index (χ3n) is 4.30. The van der Waals surface area contributed by atoms with Gasteiger partial charge in [-0.25, -0.2) is 9.97 Å². The minimum absolute atomic E-state index is 0.114. The lowest BCUT2D eigenvalue weighted by Gasteiger charge is -2.07. The minimum atomic E-state index is -0.375. The van der Waals surface area contributed by atoms with Crippen molar-refractivity contribution in [1.82, 2.24) is 34.2 Å². The van der Waals surface area contributed by atoms with Gasteiger partial charge in [0.25, 0.3) is 5.56 Å². The van der Waals surface area contributed by atoms with Gasteiger partial charge in [-0.15, -0.1) is 16.4 Å². The molecule has 0 atom stereocenters. The van der Waals surface area contributed by atoms with Gasteiger partial charge in [-0.2, -0.15) is 19.1 Å². The van der Waals surface area contributed by atoms with Crippen molar-refractivity contribution in [1.29, 1.82) is 0 Å². The van der Waals surface area contributed by atoms with E-state index >= 15 is 0 Å². The average Bonchev–Trinajstić information content (AvgIpc) is 3.30. The monoisotopic (exact) mass is 438 g/mol. The van der Waals surface area contributed by atoms with Gasteiger partial charge < -0.3 is 5.32 Å². The van der Waals surface area contributed by atoms with Gasteiger partial charge in [0.1, 0.15) is 17.3 Å². The third kappa shape index (κ3) is 3.19. The first-order chi connectivity index (χ1) is 14.5. The van der Waals surface area contributed by atoms with Crippen LogP contribution in [-0.4, -0.2) is 45.8 Å². The fraction of sp³-hybridized carbons (Fsp3) is 0.167. The minimum Gasteiger partial charge on any atom is -0.309 e. The topological polar surface area (TPSA) is 119 Å². The molecule has 30 heavy (non-hydrogen) atoms. The van der Waals surface area contributed by atoms with E-state index in [9.17, 15) is 9.59 Å². The van der Waals surface area contributed by atoms with Crippen molar-refractivity contribution < 1.29 is 4.79 Å². The second-order valence-corrected chi connectivity index (χ2v) is 8.24. The number of thiazole rings is 1. The van der Waals surface area contributed by atoms with Gasteiger partial charge in [-0.1, -0.05) is 23.9 Å². The van der Waals surface area contributed by atoms with Crippen LogP contribution < -0.4 is 10.9 Å². The van der Waals surface area contributed by atoms with Gasteiger partial charge in [-0.05, 0) is 26.0 Å². The first-order valence-electron chi connectivity index (χ1n) is 8.89. The van der Waals surface area contributed by atoms with E-state index in [1.807, 2.05) is 31.2 Å². The van der Waals surface area contributed by atoms with Crippen LogP contribution in [0.4, 0.5) is 5.82 Å². The highest BCUT2D eigenvalue weighted by Crippen LogP contribution is 2.24. The molecule has 4 heterocycles. The van der Waals surface area contributed by atoms with Crippen molar-refractivity contribution in [3.63, 3.8) is 0 Å². The lowest BCUT2D eigenvalue weighted by molar-refractivity contribution is -0.113. The number of para-hydroxylation sites is 1. The lowest BCUT2D eigenvalue weighted by atomic mass is 10.2. The van der Waals surface area contributed by atoms with Crippen molar-refractivity contribution in [3.05, 3.63) is 51.5 Å². The Morgan fingerprint density at radius 2 is 1.97 bits per heavy atom. The summed E-state index contributed by atoms with van der Waals surface area (Å²) in [5.41, 5.74) is 1.39. The number of rotatable bonds is 4. The molecule has 0 aliphatic rings. The quantitative estimate of drug-likeness (QED) is 0.335. The smallest absolute Gasteiger partial charge is 0.295 e. The Kier molecular flexibility index (Phi) is 4.44. The zero-order chi connectivity index (χ0) is 20.8. The van der Waals surface area contributed by atoms with Crippen molar-refractivity contribution in [2.75, 3.05) is 11.1 Å². The summed E-state index contributed by atoms with van der Waals surface area (Å²) < 4.78 is 3.12. The maximum atomic E-state index is 12.6. The van der Waals surface area contributed by atoms with Crippen molar-refractivity contribution in [3.8, 4) is 0 Å². The number of anilines is 1. The number of carbonyl (C=O) groups is 1. The molecule has 12 heteroatoms. The number of aromatic nitrogens is 7. The second-order valence-electron chi connectivity index (χ2n) is 6.46. The molecular weight excluding hydrogens is 424 g/mol. The number of nitrogens with one attached hydrogen (secondary N) is 1. The van der Waals surface area contributed by atoms with Gasteiger partial charge in [-0.3, -0.25) is 9.59 Å². The van der Waals surface area contributed by atoms with Gasteiger partial charge in [0.15, 0.2) is 10.8 Å². The summed E-state index contributed by atoms with van der Waals surface area (Å²) >= 11 is 2.50. The van der Waals surface area contributed by atoms with Crippen molar-refractivity contribution >= 4 is 56.3 Å². The molecule has 4 aromatic heterocycles. The van der Waals surface area contributed by atoms with Crippen LogP contribution in [0.25, 0.3) is 21.5 Å². The first kappa shape index (κ1) is 18.6. The van der Waals surface area contributed by atoms with Crippen LogP contribution in [0.15, 0.2) is 39.6 Å². The molecule has 1 N–H and O–H groups in total. The number of hydrogen-bond donors (Lipinski definition) is 1. The van der Waals surface area contributed by atoms with Crippen LogP contribution >= 0.6 is 23.1 Å². The second kappa shape index (κ2) is 7.15. The SMILES string of the molecule is Cc1nc2c3ccccc3nc(SCC(=O)Nc3csc4nc(=O)c(C)nn34)n2n1. The van der Waals surface area contributed by atoms with E-state index in [4.69, 9.17) is 0 Å². The molecule has 0 unspecified atom stereocenters. The van der Waals surface area contributed by atoms with Gasteiger partial charge in [0, 0.05) is 10.8 Å².